The molecule has 0 spiro atoms. The number of hydrogen-bond acceptors (Lipinski definition) is 3. The van der Waals surface area contributed by atoms with Gasteiger partial charge in [-0.2, -0.15) is 5.10 Å². The Morgan fingerprint density at radius 2 is 1.79 bits per heavy atom. The van der Waals surface area contributed by atoms with Gasteiger partial charge in [0.1, 0.15) is 6.54 Å². The topological polar surface area (TPSA) is 64.0 Å². The first-order valence-electron chi connectivity index (χ1n) is 9.91. The Morgan fingerprint density at radius 3 is 2.52 bits per heavy atom. The number of carbonyl (C=O) groups is 1. The molecule has 1 N–H and O–H groups in total. The lowest BCUT2D eigenvalue weighted by Crippen LogP contribution is -2.38. The molecular formula is C24H27N3O2. The number of hydrogen-bond donors (Lipinski definition) is 1. The van der Waals surface area contributed by atoms with Crippen LogP contribution in [0, 0.1) is 13.8 Å². The second kappa shape index (κ2) is 9.32. The van der Waals surface area contributed by atoms with Crippen molar-refractivity contribution >= 4 is 5.91 Å². The molecule has 0 saturated carbocycles. The fourth-order valence-corrected chi connectivity index (χ4v) is 3.17. The van der Waals surface area contributed by atoms with E-state index in [-0.39, 0.29) is 24.1 Å². The molecule has 2 aromatic carbocycles. The van der Waals surface area contributed by atoms with E-state index in [1.807, 2.05) is 50.2 Å². The molecule has 5 nitrogen and oxygen atoms in total. The van der Waals surface area contributed by atoms with Crippen LogP contribution in [-0.4, -0.2) is 21.7 Å². The van der Waals surface area contributed by atoms with Crippen LogP contribution in [0.1, 0.15) is 30.0 Å². The third-order valence-corrected chi connectivity index (χ3v) is 5.08. The summed E-state index contributed by atoms with van der Waals surface area (Å²) in [6, 6.07) is 19.4. The van der Waals surface area contributed by atoms with Crippen LogP contribution in [-0.2, 0) is 17.8 Å². The van der Waals surface area contributed by atoms with Crippen LogP contribution in [0.2, 0.25) is 0 Å². The number of aromatic nitrogens is 2. The molecule has 0 saturated heterocycles. The number of nitrogens with zero attached hydrogens (tertiary/aromatic N) is 2. The van der Waals surface area contributed by atoms with E-state index in [0.717, 1.165) is 24.0 Å². The zero-order valence-corrected chi connectivity index (χ0v) is 17.2. The Bertz CT molecular complexity index is 1040. The fraction of sp³-hybridized carbons (Fsp3) is 0.292. The summed E-state index contributed by atoms with van der Waals surface area (Å²) in [4.78, 5) is 24.6. The summed E-state index contributed by atoms with van der Waals surface area (Å²) in [6.07, 6.45) is 1.73. The summed E-state index contributed by atoms with van der Waals surface area (Å²) in [6.45, 7) is 5.98. The van der Waals surface area contributed by atoms with E-state index in [1.165, 1.54) is 21.9 Å². The van der Waals surface area contributed by atoms with E-state index in [2.05, 4.69) is 29.5 Å². The van der Waals surface area contributed by atoms with E-state index in [4.69, 9.17) is 0 Å². The second-order valence-corrected chi connectivity index (χ2v) is 7.51. The maximum absolute atomic E-state index is 12.4. The smallest absolute Gasteiger partial charge is 0.267 e. The summed E-state index contributed by atoms with van der Waals surface area (Å²) in [7, 11) is 0. The monoisotopic (exact) mass is 389 g/mol. The minimum absolute atomic E-state index is 0.0151. The summed E-state index contributed by atoms with van der Waals surface area (Å²) >= 11 is 0. The fourth-order valence-electron chi connectivity index (χ4n) is 3.17. The summed E-state index contributed by atoms with van der Waals surface area (Å²) < 4.78 is 1.23. The van der Waals surface area contributed by atoms with Crippen molar-refractivity contribution in [2.24, 2.45) is 0 Å². The van der Waals surface area contributed by atoms with Gasteiger partial charge in [0.25, 0.3) is 5.56 Å². The minimum atomic E-state index is -0.287. The highest BCUT2D eigenvalue weighted by Crippen LogP contribution is 2.19. The van der Waals surface area contributed by atoms with E-state index in [9.17, 15) is 9.59 Å². The first-order valence-corrected chi connectivity index (χ1v) is 9.91. The normalized spacial score (nSPS) is 11.8. The van der Waals surface area contributed by atoms with Crippen LogP contribution < -0.4 is 10.9 Å². The molecule has 3 aromatic rings. The third-order valence-electron chi connectivity index (χ3n) is 5.08. The number of aryl methyl sites for hydroxylation is 3. The van der Waals surface area contributed by atoms with Crippen LogP contribution in [0.5, 0.6) is 0 Å². The van der Waals surface area contributed by atoms with Gasteiger partial charge in [-0.25, -0.2) is 4.68 Å². The largest absolute Gasteiger partial charge is 0.352 e. The van der Waals surface area contributed by atoms with Gasteiger partial charge < -0.3 is 5.32 Å². The van der Waals surface area contributed by atoms with Crippen LogP contribution in [0.15, 0.2) is 65.5 Å². The van der Waals surface area contributed by atoms with Crippen molar-refractivity contribution in [2.45, 2.75) is 46.2 Å². The van der Waals surface area contributed by atoms with Gasteiger partial charge in [0.2, 0.25) is 5.91 Å². The molecule has 1 aromatic heterocycles. The molecule has 1 atom stereocenters. The van der Waals surface area contributed by atoms with Crippen molar-refractivity contribution in [3.05, 3.63) is 87.7 Å². The average molecular weight is 389 g/mol. The van der Waals surface area contributed by atoms with Gasteiger partial charge in [0.05, 0.1) is 5.69 Å². The summed E-state index contributed by atoms with van der Waals surface area (Å²) in [5.74, 6) is -0.211. The number of carbonyl (C=O) groups excluding carboxylic acids is 1. The lowest BCUT2D eigenvalue weighted by Gasteiger charge is -2.14. The van der Waals surface area contributed by atoms with E-state index >= 15 is 0 Å². The Morgan fingerprint density at radius 1 is 1.03 bits per heavy atom. The van der Waals surface area contributed by atoms with Crippen molar-refractivity contribution in [1.29, 1.82) is 0 Å². The quantitative estimate of drug-likeness (QED) is 0.671. The van der Waals surface area contributed by atoms with Gasteiger partial charge in [-0.05, 0) is 62.4 Å². The average Bonchev–Trinajstić information content (AvgIpc) is 2.71. The molecular weight excluding hydrogens is 362 g/mol. The van der Waals surface area contributed by atoms with Crippen molar-refractivity contribution in [3.8, 4) is 11.3 Å². The second-order valence-electron chi connectivity index (χ2n) is 7.51. The van der Waals surface area contributed by atoms with Crippen molar-refractivity contribution in [3.63, 3.8) is 0 Å². The van der Waals surface area contributed by atoms with Gasteiger partial charge in [0.15, 0.2) is 0 Å². The molecule has 0 fully saturated rings. The molecule has 1 heterocycles. The predicted octanol–water partition coefficient (Wildman–Crippen LogP) is 3.66. The van der Waals surface area contributed by atoms with Gasteiger partial charge in [-0.1, -0.05) is 42.5 Å². The number of nitrogens with one attached hydrogen (secondary N) is 1. The minimum Gasteiger partial charge on any atom is -0.352 e. The Balaban J connectivity index is 1.63. The maximum atomic E-state index is 12.4. The van der Waals surface area contributed by atoms with E-state index < -0.39 is 0 Å². The Kier molecular flexibility index (Phi) is 6.60. The maximum Gasteiger partial charge on any atom is 0.267 e. The van der Waals surface area contributed by atoms with Gasteiger partial charge in [0, 0.05) is 17.7 Å². The molecule has 1 amide bonds. The van der Waals surface area contributed by atoms with Crippen LogP contribution in [0.4, 0.5) is 0 Å². The zero-order chi connectivity index (χ0) is 20.8. The zero-order valence-electron chi connectivity index (χ0n) is 17.2. The number of amides is 1. The van der Waals surface area contributed by atoms with Crippen LogP contribution in [0.3, 0.4) is 0 Å². The molecule has 3 rings (SSSR count). The standard InChI is InChI=1S/C24H27N3O2/c1-17-9-12-21(15-18(17)2)22-13-14-24(29)27(26-22)16-23(28)25-19(3)10-11-20-7-5-4-6-8-20/h4-9,12-15,19H,10-11,16H2,1-3H3,(H,25,28)/t19-/m1/s1. The predicted molar refractivity (Wildman–Crippen MR) is 116 cm³/mol. The summed E-state index contributed by atoms with van der Waals surface area (Å²) in [5.41, 5.74) is 4.92. The SMILES string of the molecule is Cc1ccc(-c2ccc(=O)n(CC(=O)N[C@H](C)CCc3ccccc3)n2)cc1C. The Labute approximate surface area is 171 Å². The van der Waals surface area contributed by atoms with E-state index in [0.29, 0.717) is 5.69 Å². The first kappa shape index (κ1) is 20.5. The molecule has 150 valence electrons. The van der Waals surface area contributed by atoms with E-state index in [1.54, 1.807) is 6.07 Å². The van der Waals surface area contributed by atoms with Gasteiger partial charge in [-0.3, -0.25) is 9.59 Å². The number of rotatable bonds is 7. The number of benzene rings is 2. The van der Waals surface area contributed by atoms with Crippen molar-refractivity contribution < 1.29 is 4.79 Å². The molecule has 0 unspecified atom stereocenters. The van der Waals surface area contributed by atoms with Gasteiger partial charge in [-0.15, -0.1) is 0 Å². The highest BCUT2D eigenvalue weighted by atomic mass is 16.2. The molecule has 0 radical (unpaired) electrons. The van der Waals surface area contributed by atoms with Crippen LogP contribution in [0.25, 0.3) is 11.3 Å². The Hall–Kier alpha value is -3.21. The lowest BCUT2D eigenvalue weighted by molar-refractivity contribution is -0.122. The molecule has 0 bridgehead atoms. The van der Waals surface area contributed by atoms with Crippen LogP contribution >= 0.6 is 0 Å². The van der Waals surface area contributed by atoms with Crippen molar-refractivity contribution in [1.82, 2.24) is 15.1 Å². The van der Waals surface area contributed by atoms with Crippen molar-refractivity contribution in [2.75, 3.05) is 0 Å². The molecule has 0 aliphatic carbocycles. The molecule has 0 aliphatic rings. The summed E-state index contributed by atoms with van der Waals surface area (Å²) in [5, 5.41) is 7.36. The molecule has 0 aliphatic heterocycles. The third kappa shape index (κ3) is 5.64. The first-order chi connectivity index (χ1) is 13.9. The highest BCUT2D eigenvalue weighted by Gasteiger charge is 2.11. The lowest BCUT2D eigenvalue weighted by atomic mass is 10.0. The van der Waals surface area contributed by atoms with Gasteiger partial charge >= 0.3 is 0 Å². The highest BCUT2D eigenvalue weighted by molar-refractivity contribution is 5.76. The molecule has 5 heteroatoms. The molecule has 29 heavy (non-hydrogen) atoms.